The summed E-state index contributed by atoms with van der Waals surface area (Å²) in [6.45, 7) is 3.71. The number of benzene rings is 2. The maximum Gasteiger partial charge on any atom is 0.164 e. The standard InChI is InChI=1S/C16H18O3/c1-3-11-13(10-8-6-5-7-9-10)14(17)12(4-2)16(19)15(11)18/h5-9,17-19H,3-4H2,1-2H3. The summed E-state index contributed by atoms with van der Waals surface area (Å²) in [5.41, 5.74) is 2.39. The molecule has 0 amide bonds. The molecular formula is C16H18O3. The third-order valence-corrected chi connectivity index (χ3v) is 3.39. The Morgan fingerprint density at radius 3 is 1.79 bits per heavy atom. The van der Waals surface area contributed by atoms with Crippen LogP contribution in [0.2, 0.25) is 0 Å². The molecule has 0 aromatic heterocycles. The van der Waals surface area contributed by atoms with Crippen LogP contribution in [0.15, 0.2) is 30.3 Å². The Morgan fingerprint density at radius 2 is 1.26 bits per heavy atom. The average Bonchev–Trinajstić information content (AvgIpc) is 2.44. The summed E-state index contributed by atoms with van der Waals surface area (Å²) in [4.78, 5) is 0. The van der Waals surface area contributed by atoms with Crippen LogP contribution in [-0.4, -0.2) is 15.3 Å². The number of hydrogen-bond donors (Lipinski definition) is 3. The molecule has 0 spiro atoms. The van der Waals surface area contributed by atoms with Crippen LogP contribution in [0.25, 0.3) is 11.1 Å². The molecule has 0 saturated heterocycles. The molecule has 100 valence electrons. The van der Waals surface area contributed by atoms with Crippen molar-refractivity contribution < 1.29 is 15.3 Å². The number of phenols is 3. The highest BCUT2D eigenvalue weighted by Crippen LogP contribution is 2.47. The van der Waals surface area contributed by atoms with Crippen LogP contribution < -0.4 is 0 Å². The molecule has 3 heteroatoms. The van der Waals surface area contributed by atoms with Gasteiger partial charge in [0.2, 0.25) is 0 Å². The van der Waals surface area contributed by atoms with E-state index in [1.807, 2.05) is 44.2 Å². The number of hydrogen-bond acceptors (Lipinski definition) is 3. The molecule has 0 aliphatic rings. The lowest BCUT2D eigenvalue weighted by Gasteiger charge is -2.17. The summed E-state index contributed by atoms with van der Waals surface area (Å²) in [7, 11) is 0. The highest BCUT2D eigenvalue weighted by atomic mass is 16.3. The molecule has 19 heavy (non-hydrogen) atoms. The van der Waals surface area contributed by atoms with E-state index in [2.05, 4.69) is 0 Å². The zero-order chi connectivity index (χ0) is 14.0. The minimum atomic E-state index is -0.212. The van der Waals surface area contributed by atoms with Gasteiger partial charge in [0.25, 0.3) is 0 Å². The second-order valence-electron chi connectivity index (χ2n) is 4.45. The smallest absolute Gasteiger partial charge is 0.164 e. The van der Waals surface area contributed by atoms with Crippen LogP contribution in [0.3, 0.4) is 0 Å². The SMILES string of the molecule is CCc1c(O)c(O)c(CC)c(-c2ccccc2)c1O. The van der Waals surface area contributed by atoms with E-state index in [9.17, 15) is 15.3 Å². The van der Waals surface area contributed by atoms with Gasteiger partial charge in [-0.25, -0.2) is 0 Å². The summed E-state index contributed by atoms with van der Waals surface area (Å²) in [5, 5.41) is 30.5. The second kappa shape index (κ2) is 5.22. The maximum absolute atomic E-state index is 10.4. The lowest BCUT2D eigenvalue weighted by Crippen LogP contribution is -1.95. The summed E-state index contributed by atoms with van der Waals surface area (Å²) in [6, 6.07) is 9.41. The van der Waals surface area contributed by atoms with Crippen molar-refractivity contribution in [1.29, 1.82) is 0 Å². The van der Waals surface area contributed by atoms with Gasteiger partial charge in [-0.1, -0.05) is 44.2 Å². The first-order valence-electron chi connectivity index (χ1n) is 6.45. The van der Waals surface area contributed by atoms with Gasteiger partial charge in [0, 0.05) is 16.7 Å². The van der Waals surface area contributed by atoms with Crippen molar-refractivity contribution in [1.82, 2.24) is 0 Å². The van der Waals surface area contributed by atoms with Gasteiger partial charge in [0.15, 0.2) is 11.5 Å². The van der Waals surface area contributed by atoms with Crippen LogP contribution in [0.1, 0.15) is 25.0 Å². The summed E-state index contributed by atoms with van der Waals surface area (Å²) in [5.74, 6) is -0.284. The molecule has 2 aromatic carbocycles. The van der Waals surface area contributed by atoms with E-state index in [1.54, 1.807) is 0 Å². The van der Waals surface area contributed by atoms with Crippen LogP contribution in [0.4, 0.5) is 0 Å². The van der Waals surface area contributed by atoms with Gasteiger partial charge in [0.1, 0.15) is 5.75 Å². The van der Waals surface area contributed by atoms with Gasteiger partial charge in [-0.05, 0) is 18.4 Å². The molecule has 0 heterocycles. The highest BCUT2D eigenvalue weighted by Gasteiger charge is 2.22. The van der Waals surface area contributed by atoms with Crippen molar-refractivity contribution in [2.45, 2.75) is 26.7 Å². The Kier molecular flexibility index (Phi) is 3.65. The van der Waals surface area contributed by atoms with Crippen molar-refractivity contribution in [3.8, 4) is 28.4 Å². The monoisotopic (exact) mass is 258 g/mol. The quantitative estimate of drug-likeness (QED) is 0.582. The molecule has 3 N–H and O–H groups in total. The van der Waals surface area contributed by atoms with Crippen molar-refractivity contribution in [3.63, 3.8) is 0 Å². The molecule has 0 bridgehead atoms. The fourth-order valence-electron chi connectivity index (χ4n) is 2.41. The first kappa shape index (κ1) is 13.3. The molecule has 3 nitrogen and oxygen atoms in total. The third-order valence-electron chi connectivity index (χ3n) is 3.39. The Labute approximate surface area is 112 Å². The highest BCUT2D eigenvalue weighted by molar-refractivity contribution is 5.80. The van der Waals surface area contributed by atoms with Gasteiger partial charge < -0.3 is 15.3 Å². The van der Waals surface area contributed by atoms with E-state index >= 15 is 0 Å². The lowest BCUT2D eigenvalue weighted by molar-refractivity contribution is 0.387. The summed E-state index contributed by atoms with van der Waals surface area (Å²) < 4.78 is 0. The topological polar surface area (TPSA) is 60.7 Å². The van der Waals surface area contributed by atoms with Crippen LogP contribution >= 0.6 is 0 Å². The van der Waals surface area contributed by atoms with E-state index in [0.717, 1.165) is 5.56 Å². The number of aromatic hydroxyl groups is 3. The van der Waals surface area contributed by atoms with Crippen molar-refractivity contribution in [3.05, 3.63) is 41.5 Å². The predicted octanol–water partition coefficient (Wildman–Crippen LogP) is 3.60. The Morgan fingerprint density at radius 1 is 0.737 bits per heavy atom. The molecule has 0 fully saturated rings. The molecule has 0 unspecified atom stereocenters. The molecular weight excluding hydrogens is 240 g/mol. The largest absolute Gasteiger partial charge is 0.507 e. The van der Waals surface area contributed by atoms with Crippen LogP contribution in [0, 0.1) is 0 Å². The Balaban J connectivity index is 2.82. The minimum Gasteiger partial charge on any atom is -0.507 e. The third kappa shape index (κ3) is 2.12. The first-order chi connectivity index (χ1) is 9.11. The van der Waals surface area contributed by atoms with Gasteiger partial charge >= 0.3 is 0 Å². The van der Waals surface area contributed by atoms with Crippen molar-refractivity contribution in [2.75, 3.05) is 0 Å². The minimum absolute atomic E-state index is 0.0563. The number of rotatable bonds is 3. The Bertz CT molecular complexity index is 589. The van der Waals surface area contributed by atoms with Gasteiger partial charge in [-0.2, -0.15) is 0 Å². The van der Waals surface area contributed by atoms with Crippen molar-refractivity contribution in [2.24, 2.45) is 0 Å². The zero-order valence-electron chi connectivity index (χ0n) is 11.1. The normalized spacial score (nSPS) is 10.6. The average molecular weight is 258 g/mol. The zero-order valence-corrected chi connectivity index (χ0v) is 11.1. The first-order valence-corrected chi connectivity index (χ1v) is 6.45. The van der Waals surface area contributed by atoms with Crippen molar-refractivity contribution >= 4 is 0 Å². The molecule has 2 aromatic rings. The molecule has 0 radical (unpaired) electrons. The van der Waals surface area contributed by atoms with E-state index in [4.69, 9.17) is 0 Å². The molecule has 2 rings (SSSR count). The van der Waals surface area contributed by atoms with E-state index in [-0.39, 0.29) is 17.2 Å². The molecule has 0 aliphatic heterocycles. The van der Waals surface area contributed by atoms with E-state index in [0.29, 0.717) is 29.5 Å². The van der Waals surface area contributed by atoms with Crippen LogP contribution in [-0.2, 0) is 12.8 Å². The fraction of sp³-hybridized carbons (Fsp3) is 0.250. The molecule has 0 atom stereocenters. The van der Waals surface area contributed by atoms with Gasteiger partial charge in [-0.15, -0.1) is 0 Å². The van der Waals surface area contributed by atoms with Gasteiger partial charge in [0.05, 0.1) is 0 Å². The lowest BCUT2D eigenvalue weighted by atomic mass is 9.92. The van der Waals surface area contributed by atoms with E-state index < -0.39 is 0 Å². The fourth-order valence-corrected chi connectivity index (χ4v) is 2.41. The van der Waals surface area contributed by atoms with Gasteiger partial charge in [-0.3, -0.25) is 0 Å². The summed E-state index contributed by atoms with van der Waals surface area (Å²) >= 11 is 0. The molecule has 0 aliphatic carbocycles. The maximum atomic E-state index is 10.4. The number of phenolic OH excluding ortho intramolecular Hbond substituents is 3. The predicted molar refractivity (Wildman–Crippen MR) is 75.6 cm³/mol. The second-order valence-corrected chi connectivity index (χ2v) is 4.45. The Hall–Kier alpha value is -2.16. The molecule has 0 saturated carbocycles. The summed E-state index contributed by atoms with van der Waals surface area (Å²) in [6.07, 6.45) is 0.982. The van der Waals surface area contributed by atoms with Crippen LogP contribution in [0.5, 0.6) is 17.2 Å². The van der Waals surface area contributed by atoms with E-state index in [1.165, 1.54) is 0 Å².